The van der Waals surface area contributed by atoms with Gasteiger partial charge in [-0.25, -0.2) is 8.42 Å². The lowest BCUT2D eigenvalue weighted by Crippen LogP contribution is -2.53. The van der Waals surface area contributed by atoms with Crippen molar-refractivity contribution in [1.82, 2.24) is 10.2 Å². The molecule has 0 saturated heterocycles. The van der Waals surface area contributed by atoms with E-state index in [1.165, 1.54) is 17.0 Å². The van der Waals surface area contributed by atoms with E-state index in [1.807, 2.05) is 75.4 Å². The molecular weight excluding hydrogens is 746 g/mol. The third-order valence-electron chi connectivity index (χ3n) is 7.31. The van der Waals surface area contributed by atoms with Gasteiger partial charge in [0.15, 0.2) is 0 Å². The molecule has 8 nitrogen and oxygen atoms in total. The van der Waals surface area contributed by atoms with Gasteiger partial charge in [-0.3, -0.25) is 13.9 Å². The maximum Gasteiger partial charge on any atom is 0.264 e. The molecule has 0 aliphatic rings. The molecule has 11 heteroatoms. The van der Waals surface area contributed by atoms with Gasteiger partial charge >= 0.3 is 0 Å². The number of carbonyl (C=O) groups excluding carboxylic acids is 2. The molecule has 0 fully saturated rings. The van der Waals surface area contributed by atoms with Crippen molar-refractivity contribution in [3.05, 3.63) is 123 Å². The first-order valence-electron chi connectivity index (χ1n) is 15.3. The summed E-state index contributed by atoms with van der Waals surface area (Å²) in [5, 5.41) is 3.01. The topological polar surface area (TPSA) is 96.0 Å². The SMILES string of the molecule is CCOc1ccc(N(CC(=O)N(Cc2cccc(Br)c2)[C@@H](Cc2ccccc2)C(=O)NCC(C)C)S(=O)(=O)c2ccc(Br)cc2)cc1. The Labute approximate surface area is 294 Å². The summed E-state index contributed by atoms with van der Waals surface area (Å²) in [7, 11) is -4.21. The second-order valence-corrected chi connectivity index (χ2v) is 15.1. The lowest BCUT2D eigenvalue weighted by molar-refractivity contribution is -0.140. The highest BCUT2D eigenvalue weighted by molar-refractivity contribution is 9.10. The van der Waals surface area contributed by atoms with Gasteiger partial charge in [-0.15, -0.1) is 0 Å². The molecular formula is C36H39Br2N3O5S. The van der Waals surface area contributed by atoms with Crippen LogP contribution in [0.2, 0.25) is 0 Å². The van der Waals surface area contributed by atoms with Crippen molar-refractivity contribution in [2.75, 3.05) is 24.0 Å². The van der Waals surface area contributed by atoms with Crippen LogP contribution in [0.5, 0.6) is 5.75 Å². The van der Waals surface area contributed by atoms with Crippen LogP contribution < -0.4 is 14.4 Å². The van der Waals surface area contributed by atoms with E-state index in [0.717, 1.165) is 24.4 Å². The standard InChI is InChI=1S/C36H39Br2N3O5S/c1-4-46-32-17-15-31(16-18-32)41(47(44,45)33-19-13-29(37)14-20-33)25-35(42)40(24-28-11-8-12-30(38)21-28)34(36(43)39-23-26(2)3)22-27-9-6-5-7-10-27/h5-21,26,34H,4,22-25H2,1-3H3,(H,39,43)/t34-/m0/s1. The molecule has 1 N–H and O–H groups in total. The van der Waals surface area contributed by atoms with Crippen molar-refractivity contribution in [3.63, 3.8) is 0 Å². The van der Waals surface area contributed by atoms with Crippen LogP contribution in [-0.4, -0.2) is 50.9 Å². The van der Waals surface area contributed by atoms with Crippen LogP contribution in [0.3, 0.4) is 0 Å². The van der Waals surface area contributed by atoms with Crippen LogP contribution in [0.1, 0.15) is 31.9 Å². The van der Waals surface area contributed by atoms with Crippen LogP contribution in [-0.2, 0) is 32.6 Å². The Morgan fingerprint density at radius 2 is 1.49 bits per heavy atom. The number of amides is 2. The molecule has 0 bridgehead atoms. The lowest BCUT2D eigenvalue weighted by Gasteiger charge is -2.34. The van der Waals surface area contributed by atoms with Crippen LogP contribution in [0.15, 0.2) is 117 Å². The zero-order chi connectivity index (χ0) is 34.0. The van der Waals surface area contributed by atoms with E-state index >= 15 is 0 Å². The van der Waals surface area contributed by atoms with Crippen molar-refractivity contribution in [1.29, 1.82) is 0 Å². The summed E-state index contributed by atoms with van der Waals surface area (Å²) in [6, 6.07) is 28.9. The van der Waals surface area contributed by atoms with Gasteiger partial charge in [0.05, 0.1) is 17.2 Å². The summed E-state index contributed by atoms with van der Waals surface area (Å²) in [6.07, 6.45) is 0.243. The summed E-state index contributed by atoms with van der Waals surface area (Å²) >= 11 is 6.88. The summed E-state index contributed by atoms with van der Waals surface area (Å²) in [6.45, 7) is 6.28. The molecule has 0 saturated carbocycles. The largest absolute Gasteiger partial charge is 0.494 e. The number of nitrogens with zero attached hydrogens (tertiary/aromatic N) is 2. The van der Waals surface area contributed by atoms with Crippen molar-refractivity contribution in [3.8, 4) is 5.75 Å². The predicted molar refractivity (Wildman–Crippen MR) is 193 cm³/mol. The van der Waals surface area contributed by atoms with Crippen LogP contribution in [0, 0.1) is 5.92 Å². The zero-order valence-electron chi connectivity index (χ0n) is 26.6. The van der Waals surface area contributed by atoms with E-state index in [2.05, 4.69) is 37.2 Å². The first kappa shape index (κ1) is 36.2. The number of rotatable bonds is 15. The Morgan fingerprint density at radius 1 is 0.830 bits per heavy atom. The zero-order valence-corrected chi connectivity index (χ0v) is 30.6. The van der Waals surface area contributed by atoms with E-state index < -0.39 is 28.5 Å². The van der Waals surface area contributed by atoms with Gasteiger partial charge in [0.1, 0.15) is 18.3 Å². The summed E-state index contributed by atoms with van der Waals surface area (Å²) in [5.41, 5.74) is 1.94. The predicted octanol–water partition coefficient (Wildman–Crippen LogP) is 7.22. The number of carbonyl (C=O) groups is 2. The van der Waals surface area contributed by atoms with Gasteiger partial charge in [0.25, 0.3) is 10.0 Å². The van der Waals surface area contributed by atoms with Gasteiger partial charge in [0, 0.05) is 28.5 Å². The number of halogens is 2. The van der Waals surface area contributed by atoms with Crippen LogP contribution >= 0.6 is 31.9 Å². The summed E-state index contributed by atoms with van der Waals surface area (Å²) in [4.78, 5) is 30.0. The fourth-order valence-corrected chi connectivity index (χ4v) is 7.07. The lowest BCUT2D eigenvalue weighted by atomic mass is 10.0. The van der Waals surface area contributed by atoms with Crippen molar-refractivity contribution in [2.24, 2.45) is 5.92 Å². The number of hydrogen-bond donors (Lipinski definition) is 1. The Kier molecular flexibility index (Phi) is 13.0. The van der Waals surface area contributed by atoms with Gasteiger partial charge in [0.2, 0.25) is 11.8 Å². The number of sulfonamides is 1. The highest BCUT2D eigenvalue weighted by Crippen LogP contribution is 2.28. The second-order valence-electron chi connectivity index (χ2n) is 11.4. The number of anilines is 1. The molecule has 0 radical (unpaired) electrons. The quantitative estimate of drug-likeness (QED) is 0.138. The Bertz CT molecular complexity index is 1730. The van der Waals surface area contributed by atoms with Crippen LogP contribution in [0.4, 0.5) is 5.69 Å². The molecule has 0 unspecified atom stereocenters. The van der Waals surface area contributed by atoms with E-state index in [4.69, 9.17) is 4.74 Å². The minimum Gasteiger partial charge on any atom is -0.494 e. The monoisotopic (exact) mass is 783 g/mol. The molecule has 4 aromatic rings. The molecule has 0 spiro atoms. The van der Waals surface area contributed by atoms with Crippen molar-refractivity contribution < 1.29 is 22.7 Å². The molecule has 4 rings (SSSR count). The van der Waals surface area contributed by atoms with E-state index in [0.29, 0.717) is 18.9 Å². The molecule has 0 heterocycles. The average molecular weight is 786 g/mol. The fourth-order valence-electron chi connectivity index (χ4n) is 4.95. The number of hydrogen-bond acceptors (Lipinski definition) is 5. The van der Waals surface area contributed by atoms with Crippen molar-refractivity contribution in [2.45, 2.75) is 44.7 Å². The maximum absolute atomic E-state index is 14.6. The molecule has 0 aliphatic heterocycles. The number of benzene rings is 4. The highest BCUT2D eigenvalue weighted by atomic mass is 79.9. The minimum atomic E-state index is -4.21. The fraction of sp³-hybridized carbons (Fsp3) is 0.278. The summed E-state index contributed by atoms with van der Waals surface area (Å²) in [5.74, 6) is -0.0733. The van der Waals surface area contributed by atoms with Crippen molar-refractivity contribution >= 4 is 59.4 Å². The number of ether oxygens (including phenoxy) is 1. The molecule has 0 aromatic heterocycles. The Hall–Kier alpha value is -3.67. The first-order valence-corrected chi connectivity index (χ1v) is 18.4. The smallest absolute Gasteiger partial charge is 0.264 e. The summed E-state index contributed by atoms with van der Waals surface area (Å²) < 4.78 is 36.6. The van der Waals surface area contributed by atoms with E-state index in [-0.39, 0.29) is 35.4 Å². The third kappa shape index (κ3) is 10.2. The van der Waals surface area contributed by atoms with Gasteiger partial charge in [-0.2, -0.15) is 0 Å². The molecule has 47 heavy (non-hydrogen) atoms. The Balaban J connectivity index is 1.80. The normalized spacial score (nSPS) is 12.0. The van der Waals surface area contributed by atoms with Gasteiger partial charge in [-0.05, 0) is 84.6 Å². The third-order valence-corrected chi connectivity index (χ3v) is 10.1. The van der Waals surface area contributed by atoms with Gasteiger partial charge < -0.3 is 15.0 Å². The molecule has 1 atom stereocenters. The number of nitrogens with one attached hydrogen (secondary N) is 1. The molecule has 4 aromatic carbocycles. The minimum absolute atomic E-state index is 0.0245. The van der Waals surface area contributed by atoms with E-state index in [9.17, 15) is 18.0 Å². The second kappa shape index (κ2) is 16.9. The maximum atomic E-state index is 14.6. The molecule has 2 amide bonds. The van der Waals surface area contributed by atoms with Gasteiger partial charge in [-0.1, -0.05) is 88.2 Å². The Morgan fingerprint density at radius 3 is 2.11 bits per heavy atom. The molecule has 248 valence electrons. The van der Waals surface area contributed by atoms with Crippen LogP contribution in [0.25, 0.3) is 0 Å². The molecule has 0 aliphatic carbocycles. The average Bonchev–Trinajstić information content (AvgIpc) is 3.05. The highest BCUT2D eigenvalue weighted by Gasteiger charge is 2.34. The first-order chi connectivity index (χ1) is 22.5. The van der Waals surface area contributed by atoms with E-state index in [1.54, 1.807) is 36.4 Å².